The van der Waals surface area contributed by atoms with Crippen LogP contribution in [-0.4, -0.2) is 52.6 Å². The zero-order valence-corrected chi connectivity index (χ0v) is 14.9. The first-order chi connectivity index (χ1) is 11.0. The zero-order valence-electron chi connectivity index (χ0n) is 14.0. The minimum absolute atomic E-state index is 0.0503. The van der Waals surface area contributed by atoms with E-state index in [9.17, 15) is 8.42 Å². The van der Waals surface area contributed by atoms with Crippen molar-refractivity contribution in [2.24, 2.45) is 0 Å². The Balaban J connectivity index is 2.36. The van der Waals surface area contributed by atoms with Gasteiger partial charge in [0.05, 0.1) is 19.1 Å². The number of sulfonamides is 1. The fourth-order valence-electron chi connectivity index (χ4n) is 2.93. The predicted molar refractivity (Wildman–Crippen MR) is 89.6 cm³/mol. The van der Waals surface area contributed by atoms with Crippen LogP contribution in [0.2, 0.25) is 0 Å². The maximum atomic E-state index is 13.1. The molecule has 0 aliphatic carbocycles. The first-order valence-electron chi connectivity index (χ1n) is 7.99. The van der Waals surface area contributed by atoms with Gasteiger partial charge in [-0.2, -0.15) is 4.31 Å². The van der Waals surface area contributed by atoms with Crippen molar-refractivity contribution in [2.45, 2.75) is 37.1 Å². The van der Waals surface area contributed by atoms with Crippen LogP contribution < -0.4 is 14.8 Å². The molecule has 1 heterocycles. The number of nitrogens with one attached hydrogen (secondary N) is 1. The quantitative estimate of drug-likeness (QED) is 0.819. The lowest BCUT2D eigenvalue weighted by Crippen LogP contribution is -2.46. The lowest BCUT2D eigenvalue weighted by molar-refractivity contribution is 0.262. The van der Waals surface area contributed by atoms with Crippen molar-refractivity contribution in [3.05, 3.63) is 18.2 Å². The van der Waals surface area contributed by atoms with Crippen LogP contribution in [0.1, 0.15) is 26.2 Å². The molecule has 1 saturated heterocycles. The second-order valence-corrected chi connectivity index (χ2v) is 7.50. The summed E-state index contributed by atoms with van der Waals surface area (Å²) in [7, 11) is -0.513. The first-order valence-corrected chi connectivity index (χ1v) is 9.43. The van der Waals surface area contributed by atoms with Crippen molar-refractivity contribution in [2.75, 3.05) is 33.9 Å². The van der Waals surface area contributed by atoms with E-state index in [4.69, 9.17) is 9.47 Å². The molecular formula is C16H26N2O4S. The van der Waals surface area contributed by atoms with Crippen molar-refractivity contribution in [1.82, 2.24) is 9.62 Å². The second-order valence-electron chi connectivity index (χ2n) is 5.61. The maximum absolute atomic E-state index is 13.1. The number of hydrogen-bond acceptors (Lipinski definition) is 5. The molecule has 0 radical (unpaired) electrons. The molecule has 7 heteroatoms. The molecule has 0 atom stereocenters. The van der Waals surface area contributed by atoms with Crippen molar-refractivity contribution in [1.29, 1.82) is 0 Å². The van der Waals surface area contributed by atoms with Gasteiger partial charge in [-0.15, -0.1) is 0 Å². The monoisotopic (exact) mass is 342 g/mol. The Morgan fingerprint density at radius 1 is 1.17 bits per heavy atom. The van der Waals surface area contributed by atoms with E-state index in [0.717, 1.165) is 32.4 Å². The predicted octanol–water partition coefficient (Wildman–Crippen LogP) is 1.86. The Morgan fingerprint density at radius 3 is 2.39 bits per heavy atom. The van der Waals surface area contributed by atoms with Crippen LogP contribution in [0, 0.1) is 0 Å². The standard InChI is InChI=1S/C16H26N2O4S/c1-4-11-18(13-7-9-17-10-8-13)23(19,20)14-5-6-15(21-2)16(12-14)22-3/h5-6,12-13,17H,4,7-11H2,1-3H3. The molecule has 23 heavy (non-hydrogen) atoms. The van der Waals surface area contributed by atoms with E-state index >= 15 is 0 Å². The molecule has 1 fully saturated rings. The van der Waals surface area contributed by atoms with Gasteiger partial charge in [-0.05, 0) is 44.5 Å². The summed E-state index contributed by atoms with van der Waals surface area (Å²) in [5, 5.41) is 3.28. The number of piperidine rings is 1. The van der Waals surface area contributed by atoms with Gasteiger partial charge in [0.25, 0.3) is 0 Å². The highest BCUT2D eigenvalue weighted by Gasteiger charge is 2.32. The van der Waals surface area contributed by atoms with E-state index in [2.05, 4.69) is 5.32 Å². The highest BCUT2D eigenvalue weighted by atomic mass is 32.2. The minimum Gasteiger partial charge on any atom is -0.493 e. The van der Waals surface area contributed by atoms with Gasteiger partial charge in [0.15, 0.2) is 11.5 Å². The molecule has 0 spiro atoms. The molecule has 1 aromatic rings. The van der Waals surface area contributed by atoms with Gasteiger partial charge in [0.1, 0.15) is 0 Å². The lowest BCUT2D eigenvalue weighted by atomic mass is 10.1. The number of rotatable bonds is 7. The van der Waals surface area contributed by atoms with E-state index in [-0.39, 0.29) is 10.9 Å². The normalized spacial score (nSPS) is 16.5. The van der Waals surface area contributed by atoms with Crippen LogP contribution in [0.5, 0.6) is 11.5 Å². The summed E-state index contributed by atoms with van der Waals surface area (Å²) in [4.78, 5) is 0.252. The fourth-order valence-corrected chi connectivity index (χ4v) is 4.72. The van der Waals surface area contributed by atoms with E-state index in [1.807, 2.05) is 6.92 Å². The molecule has 0 amide bonds. The van der Waals surface area contributed by atoms with E-state index < -0.39 is 10.0 Å². The van der Waals surface area contributed by atoms with E-state index in [1.165, 1.54) is 20.3 Å². The van der Waals surface area contributed by atoms with Gasteiger partial charge in [-0.1, -0.05) is 6.92 Å². The molecule has 0 bridgehead atoms. The zero-order chi connectivity index (χ0) is 16.9. The molecule has 6 nitrogen and oxygen atoms in total. The number of benzene rings is 1. The van der Waals surface area contributed by atoms with Gasteiger partial charge < -0.3 is 14.8 Å². The average molecular weight is 342 g/mol. The lowest BCUT2D eigenvalue weighted by Gasteiger charge is -2.33. The Labute approximate surface area is 138 Å². The summed E-state index contributed by atoms with van der Waals surface area (Å²) in [6.07, 6.45) is 2.47. The van der Waals surface area contributed by atoms with E-state index in [0.29, 0.717) is 18.0 Å². The number of ether oxygens (including phenoxy) is 2. The molecule has 130 valence electrons. The molecule has 1 N–H and O–H groups in total. The smallest absolute Gasteiger partial charge is 0.243 e. The van der Waals surface area contributed by atoms with Gasteiger partial charge in [0.2, 0.25) is 10.0 Å². The third kappa shape index (κ3) is 3.97. The van der Waals surface area contributed by atoms with Crippen molar-refractivity contribution in [3.63, 3.8) is 0 Å². The Hall–Kier alpha value is -1.31. The van der Waals surface area contributed by atoms with Gasteiger partial charge in [-0.3, -0.25) is 0 Å². The number of nitrogens with zero attached hydrogens (tertiary/aromatic N) is 1. The molecule has 1 aromatic carbocycles. The fraction of sp³-hybridized carbons (Fsp3) is 0.625. The molecule has 1 aliphatic rings. The maximum Gasteiger partial charge on any atom is 0.243 e. The van der Waals surface area contributed by atoms with Gasteiger partial charge in [0, 0.05) is 18.7 Å². The van der Waals surface area contributed by atoms with Crippen LogP contribution in [0.3, 0.4) is 0 Å². The SMILES string of the molecule is CCCN(C1CCNCC1)S(=O)(=O)c1ccc(OC)c(OC)c1. The van der Waals surface area contributed by atoms with Crippen LogP contribution in [0.4, 0.5) is 0 Å². The third-order valence-electron chi connectivity index (χ3n) is 4.12. The molecule has 0 unspecified atom stereocenters. The van der Waals surface area contributed by atoms with Gasteiger partial charge in [-0.25, -0.2) is 8.42 Å². The third-order valence-corrected chi connectivity index (χ3v) is 6.07. The van der Waals surface area contributed by atoms with Gasteiger partial charge >= 0.3 is 0 Å². The van der Waals surface area contributed by atoms with Crippen LogP contribution in [0.25, 0.3) is 0 Å². The summed E-state index contributed by atoms with van der Waals surface area (Å²) in [6, 6.07) is 4.81. The first kappa shape index (κ1) is 18.0. The molecule has 1 aliphatic heterocycles. The second kappa shape index (κ2) is 7.99. The molecule has 2 rings (SSSR count). The minimum atomic E-state index is -3.55. The van der Waals surface area contributed by atoms with Crippen LogP contribution in [0.15, 0.2) is 23.1 Å². The molecular weight excluding hydrogens is 316 g/mol. The van der Waals surface area contributed by atoms with Crippen LogP contribution in [-0.2, 0) is 10.0 Å². The van der Waals surface area contributed by atoms with Crippen LogP contribution >= 0.6 is 0 Å². The summed E-state index contributed by atoms with van der Waals surface area (Å²) in [5.41, 5.74) is 0. The summed E-state index contributed by atoms with van der Waals surface area (Å²) >= 11 is 0. The summed E-state index contributed by atoms with van der Waals surface area (Å²) in [5.74, 6) is 0.950. The molecule has 0 saturated carbocycles. The Morgan fingerprint density at radius 2 is 1.83 bits per heavy atom. The Kier molecular flexibility index (Phi) is 6.26. The number of hydrogen-bond donors (Lipinski definition) is 1. The summed E-state index contributed by atoms with van der Waals surface area (Å²) < 4.78 is 38.3. The number of methoxy groups -OCH3 is 2. The largest absolute Gasteiger partial charge is 0.493 e. The molecule has 0 aromatic heterocycles. The van der Waals surface area contributed by atoms with Crippen molar-refractivity contribution in [3.8, 4) is 11.5 Å². The summed E-state index contributed by atoms with van der Waals surface area (Å²) in [6.45, 7) is 4.23. The average Bonchev–Trinajstić information content (AvgIpc) is 2.59. The van der Waals surface area contributed by atoms with E-state index in [1.54, 1.807) is 16.4 Å². The topological polar surface area (TPSA) is 67.9 Å². The van der Waals surface area contributed by atoms with Crippen molar-refractivity contribution < 1.29 is 17.9 Å². The van der Waals surface area contributed by atoms with Crippen molar-refractivity contribution >= 4 is 10.0 Å². The Bertz CT molecular complexity index is 613. The highest BCUT2D eigenvalue weighted by molar-refractivity contribution is 7.89. The highest BCUT2D eigenvalue weighted by Crippen LogP contribution is 2.32.